The van der Waals surface area contributed by atoms with Crippen molar-refractivity contribution in [3.63, 3.8) is 0 Å². The van der Waals surface area contributed by atoms with Crippen molar-refractivity contribution in [2.24, 2.45) is 0 Å². The third-order valence-electron chi connectivity index (χ3n) is 4.18. The van der Waals surface area contributed by atoms with Crippen molar-refractivity contribution < 1.29 is 51.6 Å². The number of allylic oxidation sites excluding steroid dienone is 4. The SMILES string of the molecule is CC1=C(c2[c-]c3ccccc3cc2)CC=C1.OCc1ccccc1.[Cl-].[Cl-].[Ti+3]. The Morgan fingerprint density at radius 2 is 1.56 bits per heavy atom. The van der Waals surface area contributed by atoms with Gasteiger partial charge in [0, 0.05) is 0 Å². The molecule has 3 aromatic carbocycles. The van der Waals surface area contributed by atoms with Crippen LogP contribution in [0.15, 0.2) is 84.5 Å². The van der Waals surface area contributed by atoms with Gasteiger partial charge < -0.3 is 29.9 Å². The molecule has 1 radical (unpaired) electrons. The first-order valence-corrected chi connectivity index (χ1v) is 8.20. The summed E-state index contributed by atoms with van der Waals surface area (Å²) >= 11 is 0. The third kappa shape index (κ3) is 6.95. The van der Waals surface area contributed by atoms with Gasteiger partial charge in [0.2, 0.25) is 0 Å². The summed E-state index contributed by atoms with van der Waals surface area (Å²) in [7, 11) is 0. The molecule has 3 aromatic rings. The molecule has 1 nitrogen and oxygen atoms in total. The zero-order valence-corrected chi connectivity index (χ0v) is 18.2. The Hall–Kier alpha value is -1.35. The summed E-state index contributed by atoms with van der Waals surface area (Å²) in [5.41, 5.74) is 4.98. The zero-order chi connectivity index (χ0) is 16.8. The Morgan fingerprint density at radius 1 is 0.889 bits per heavy atom. The predicted octanol–water partition coefficient (Wildman–Crippen LogP) is -0.442. The van der Waals surface area contributed by atoms with Crippen LogP contribution in [0.2, 0.25) is 0 Å². The maximum atomic E-state index is 8.54. The van der Waals surface area contributed by atoms with E-state index in [1.54, 1.807) is 0 Å². The molecule has 0 bridgehead atoms. The van der Waals surface area contributed by atoms with E-state index in [0.29, 0.717) is 0 Å². The first kappa shape index (κ1) is 25.7. The van der Waals surface area contributed by atoms with E-state index >= 15 is 0 Å². The molecule has 0 heterocycles. The van der Waals surface area contributed by atoms with Crippen LogP contribution in [0.5, 0.6) is 0 Å². The number of fused-ring (bicyclic) bond motifs is 1. The molecule has 137 valence electrons. The van der Waals surface area contributed by atoms with Crippen molar-refractivity contribution in [3.05, 3.63) is 102 Å². The monoisotopic (exact) mass is 431 g/mol. The van der Waals surface area contributed by atoms with Gasteiger partial charge in [0.25, 0.3) is 0 Å². The second kappa shape index (κ2) is 12.9. The summed E-state index contributed by atoms with van der Waals surface area (Å²) in [6.07, 6.45) is 5.45. The maximum Gasteiger partial charge on any atom is 3.00 e. The molecule has 0 fully saturated rings. The molecule has 1 aliphatic carbocycles. The van der Waals surface area contributed by atoms with E-state index in [4.69, 9.17) is 5.11 Å². The van der Waals surface area contributed by atoms with Crippen molar-refractivity contribution in [2.45, 2.75) is 20.0 Å². The predicted molar refractivity (Wildman–Crippen MR) is 101 cm³/mol. The smallest absolute Gasteiger partial charge is 1.00 e. The average Bonchev–Trinajstić information content (AvgIpc) is 3.08. The number of halogens is 2. The molecule has 0 atom stereocenters. The van der Waals surface area contributed by atoms with Gasteiger partial charge >= 0.3 is 21.7 Å². The molecule has 0 unspecified atom stereocenters. The quantitative estimate of drug-likeness (QED) is 0.430. The van der Waals surface area contributed by atoms with E-state index < -0.39 is 0 Å². The van der Waals surface area contributed by atoms with Crippen LogP contribution in [0.25, 0.3) is 16.3 Å². The number of hydrogen-bond acceptors (Lipinski definition) is 1. The number of hydrogen-bond donors (Lipinski definition) is 1. The van der Waals surface area contributed by atoms with Gasteiger partial charge in [-0.25, -0.2) is 0 Å². The van der Waals surface area contributed by atoms with Crippen molar-refractivity contribution >= 4 is 16.3 Å². The summed E-state index contributed by atoms with van der Waals surface area (Å²) in [5.74, 6) is 0. The largest absolute Gasteiger partial charge is 3.00 e. The first-order chi connectivity index (χ1) is 11.8. The molecule has 1 N–H and O–H groups in total. The molecular formula is C23H21Cl2OTi. The average molecular weight is 432 g/mol. The fraction of sp³-hybridized carbons (Fsp3) is 0.130. The van der Waals surface area contributed by atoms with E-state index in [1.165, 1.54) is 27.5 Å². The van der Waals surface area contributed by atoms with Gasteiger partial charge in [-0.05, 0) is 18.9 Å². The summed E-state index contributed by atoms with van der Waals surface area (Å²) in [5, 5.41) is 11.0. The fourth-order valence-corrected chi connectivity index (χ4v) is 2.81. The molecule has 0 spiro atoms. The van der Waals surface area contributed by atoms with Gasteiger partial charge in [0.15, 0.2) is 0 Å². The van der Waals surface area contributed by atoms with Crippen LogP contribution in [0.1, 0.15) is 24.5 Å². The van der Waals surface area contributed by atoms with Gasteiger partial charge in [0.05, 0.1) is 6.61 Å². The Balaban J connectivity index is 0.000000535. The Morgan fingerprint density at radius 3 is 2.15 bits per heavy atom. The van der Waals surface area contributed by atoms with Crippen LogP contribution in [0, 0.1) is 6.07 Å². The summed E-state index contributed by atoms with van der Waals surface area (Å²) < 4.78 is 0. The summed E-state index contributed by atoms with van der Waals surface area (Å²) in [4.78, 5) is 0. The molecule has 0 aromatic heterocycles. The molecule has 0 amide bonds. The number of aliphatic hydroxyl groups excluding tert-OH is 1. The Bertz CT molecular complexity index is 889. The minimum Gasteiger partial charge on any atom is -1.00 e. The molecule has 4 heteroatoms. The van der Waals surface area contributed by atoms with Crippen molar-refractivity contribution in [2.75, 3.05) is 0 Å². The van der Waals surface area contributed by atoms with Crippen LogP contribution in [0.3, 0.4) is 0 Å². The second-order valence-electron chi connectivity index (χ2n) is 5.87. The van der Waals surface area contributed by atoms with E-state index in [-0.39, 0.29) is 53.1 Å². The van der Waals surface area contributed by atoms with Crippen LogP contribution in [-0.4, -0.2) is 5.11 Å². The van der Waals surface area contributed by atoms with Gasteiger partial charge in [-0.2, -0.15) is 0 Å². The first-order valence-electron chi connectivity index (χ1n) is 8.20. The molecule has 0 saturated carbocycles. The van der Waals surface area contributed by atoms with Gasteiger partial charge in [-0.1, -0.05) is 77.2 Å². The molecule has 27 heavy (non-hydrogen) atoms. The Kier molecular flexibility index (Phi) is 12.3. The molecule has 4 rings (SSSR count). The number of aliphatic hydroxyl groups is 1. The van der Waals surface area contributed by atoms with Gasteiger partial charge in [-0.15, -0.1) is 35.2 Å². The van der Waals surface area contributed by atoms with Gasteiger partial charge in [0.1, 0.15) is 0 Å². The zero-order valence-electron chi connectivity index (χ0n) is 15.1. The van der Waals surface area contributed by atoms with E-state index in [1.807, 2.05) is 30.3 Å². The molecule has 0 saturated heterocycles. The van der Waals surface area contributed by atoms with Crippen LogP contribution < -0.4 is 24.8 Å². The van der Waals surface area contributed by atoms with Crippen molar-refractivity contribution in [3.8, 4) is 0 Å². The van der Waals surface area contributed by atoms with Crippen LogP contribution in [-0.2, 0) is 28.3 Å². The normalized spacial score (nSPS) is 11.6. The standard InChI is InChI=1S/C16H13.C7H8O.2ClH.Ti/c1-12-5-4-8-16(12)15-10-9-13-6-2-3-7-14(13)11-15;8-6-7-4-2-1-3-5-7;;;/h2-7,9-10H,8H2,1H3;1-5,8H,6H2;2*1H;/q-1;;;;+3/p-2. The van der Waals surface area contributed by atoms with E-state index in [0.717, 1.165) is 12.0 Å². The topological polar surface area (TPSA) is 20.2 Å². The van der Waals surface area contributed by atoms with Gasteiger partial charge in [-0.3, -0.25) is 0 Å². The van der Waals surface area contributed by atoms with Crippen LogP contribution in [0.4, 0.5) is 0 Å². The second-order valence-corrected chi connectivity index (χ2v) is 5.87. The molecule has 0 aliphatic heterocycles. The van der Waals surface area contributed by atoms with Crippen LogP contribution >= 0.6 is 0 Å². The number of rotatable bonds is 2. The minimum atomic E-state index is 0. The molecular weight excluding hydrogens is 411 g/mol. The fourth-order valence-electron chi connectivity index (χ4n) is 2.81. The van der Waals surface area contributed by atoms with Crippen molar-refractivity contribution in [1.29, 1.82) is 0 Å². The summed E-state index contributed by atoms with van der Waals surface area (Å²) in [6.45, 7) is 2.31. The van der Waals surface area contributed by atoms with E-state index in [2.05, 4.69) is 61.5 Å². The van der Waals surface area contributed by atoms with Crippen molar-refractivity contribution in [1.82, 2.24) is 0 Å². The third-order valence-corrected chi connectivity index (χ3v) is 4.18. The number of benzene rings is 3. The molecule has 1 aliphatic rings. The minimum absolute atomic E-state index is 0. The maximum absolute atomic E-state index is 8.54. The Labute approximate surface area is 188 Å². The summed E-state index contributed by atoms with van der Waals surface area (Å²) in [6, 6.07) is 25.8. The van der Waals surface area contributed by atoms with E-state index in [9.17, 15) is 0 Å².